The Bertz CT molecular complexity index is 290. The van der Waals surface area contributed by atoms with Crippen molar-refractivity contribution in [3.05, 3.63) is 0 Å². The molecule has 1 unspecified atom stereocenters. The van der Waals surface area contributed by atoms with Gasteiger partial charge in [-0.2, -0.15) is 0 Å². The molecule has 1 fully saturated rings. The van der Waals surface area contributed by atoms with E-state index in [1.54, 1.807) is 0 Å². The summed E-state index contributed by atoms with van der Waals surface area (Å²) in [6.45, 7) is 5.47. The van der Waals surface area contributed by atoms with Crippen molar-refractivity contribution in [3.63, 3.8) is 0 Å². The first-order chi connectivity index (χ1) is 8.07. The molecule has 1 atom stereocenters. The van der Waals surface area contributed by atoms with E-state index in [0.717, 1.165) is 38.5 Å². The second-order valence-corrected chi connectivity index (χ2v) is 7.29. The van der Waals surface area contributed by atoms with Gasteiger partial charge in [-0.05, 0) is 38.3 Å². The zero-order valence-corrected chi connectivity index (χ0v) is 11.7. The Labute approximate surface area is 105 Å². The van der Waals surface area contributed by atoms with E-state index in [4.69, 9.17) is 5.73 Å². The third-order valence-corrected chi connectivity index (χ3v) is 5.29. The van der Waals surface area contributed by atoms with Crippen molar-refractivity contribution >= 4 is 9.84 Å². The van der Waals surface area contributed by atoms with E-state index in [2.05, 4.69) is 11.8 Å². The van der Waals surface area contributed by atoms with Crippen molar-refractivity contribution in [1.82, 2.24) is 4.90 Å². The van der Waals surface area contributed by atoms with Crippen LogP contribution in [0.4, 0.5) is 0 Å². The van der Waals surface area contributed by atoms with Crippen molar-refractivity contribution in [1.29, 1.82) is 0 Å². The molecule has 0 amide bonds. The molecule has 0 aromatic carbocycles. The van der Waals surface area contributed by atoms with Gasteiger partial charge in [0.25, 0.3) is 0 Å². The first kappa shape index (κ1) is 14.9. The van der Waals surface area contributed by atoms with Crippen molar-refractivity contribution in [2.24, 2.45) is 11.7 Å². The lowest BCUT2D eigenvalue weighted by Gasteiger charge is -2.27. The molecule has 0 bridgehead atoms. The van der Waals surface area contributed by atoms with Crippen LogP contribution in [0.5, 0.6) is 0 Å². The van der Waals surface area contributed by atoms with Gasteiger partial charge in [0.15, 0.2) is 9.84 Å². The van der Waals surface area contributed by atoms with Crippen LogP contribution >= 0.6 is 0 Å². The smallest absolute Gasteiger partial charge is 0.152 e. The van der Waals surface area contributed by atoms with Crippen LogP contribution in [0.15, 0.2) is 0 Å². The van der Waals surface area contributed by atoms with Gasteiger partial charge in [-0.1, -0.05) is 13.3 Å². The number of rotatable bonds is 7. The molecular formula is C12H26N2O2S. The quantitative estimate of drug-likeness (QED) is 0.739. The Morgan fingerprint density at radius 2 is 1.88 bits per heavy atom. The molecule has 5 heteroatoms. The van der Waals surface area contributed by atoms with E-state index in [9.17, 15) is 8.42 Å². The number of nitrogens with zero attached hydrogens (tertiary/aromatic N) is 1. The standard InChI is InChI=1S/C12H26N2O2S/c1-2-12(5-6-13)4-3-7-14-8-10-17(15,16)11-9-14/h12H,2-11,13H2,1H3. The van der Waals surface area contributed by atoms with E-state index in [1.165, 1.54) is 19.3 Å². The summed E-state index contributed by atoms with van der Waals surface area (Å²) in [6.07, 6.45) is 4.70. The Kier molecular flexibility index (Phi) is 6.44. The summed E-state index contributed by atoms with van der Waals surface area (Å²) in [5.41, 5.74) is 5.57. The fraction of sp³-hybridized carbons (Fsp3) is 1.00. The van der Waals surface area contributed by atoms with Crippen molar-refractivity contribution in [2.45, 2.75) is 32.6 Å². The van der Waals surface area contributed by atoms with Gasteiger partial charge in [0.2, 0.25) is 0 Å². The van der Waals surface area contributed by atoms with Crippen LogP contribution < -0.4 is 5.73 Å². The summed E-state index contributed by atoms with van der Waals surface area (Å²) in [7, 11) is -2.73. The maximum Gasteiger partial charge on any atom is 0.152 e. The van der Waals surface area contributed by atoms with Crippen LogP contribution in [0.25, 0.3) is 0 Å². The molecule has 102 valence electrons. The molecule has 1 heterocycles. The van der Waals surface area contributed by atoms with Crippen LogP contribution in [0, 0.1) is 5.92 Å². The van der Waals surface area contributed by atoms with Gasteiger partial charge >= 0.3 is 0 Å². The minimum atomic E-state index is -2.73. The zero-order valence-electron chi connectivity index (χ0n) is 10.9. The molecule has 17 heavy (non-hydrogen) atoms. The van der Waals surface area contributed by atoms with Gasteiger partial charge in [-0.15, -0.1) is 0 Å². The lowest BCUT2D eigenvalue weighted by atomic mass is 9.96. The average molecular weight is 262 g/mol. The molecule has 2 N–H and O–H groups in total. The highest BCUT2D eigenvalue weighted by atomic mass is 32.2. The largest absolute Gasteiger partial charge is 0.330 e. The molecule has 1 saturated heterocycles. The molecule has 0 aromatic heterocycles. The lowest BCUT2D eigenvalue weighted by Crippen LogP contribution is -2.40. The van der Waals surface area contributed by atoms with Gasteiger partial charge < -0.3 is 10.6 Å². The predicted molar refractivity (Wildman–Crippen MR) is 71.8 cm³/mol. The van der Waals surface area contributed by atoms with E-state index < -0.39 is 9.84 Å². The molecule has 1 aliphatic rings. The fourth-order valence-electron chi connectivity index (χ4n) is 2.37. The normalized spacial score (nSPS) is 22.5. The number of sulfone groups is 1. The van der Waals surface area contributed by atoms with Gasteiger partial charge in [0.1, 0.15) is 0 Å². The minimum Gasteiger partial charge on any atom is -0.330 e. The molecule has 0 aromatic rings. The first-order valence-corrected chi connectivity index (χ1v) is 8.52. The van der Waals surface area contributed by atoms with Crippen molar-refractivity contribution in [3.8, 4) is 0 Å². The van der Waals surface area contributed by atoms with Crippen LogP contribution in [0.1, 0.15) is 32.6 Å². The highest BCUT2D eigenvalue weighted by molar-refractivity contribution is 7.91. The maximum atomic E-state index is 11.3. The second-order valence-electron chi connectivity index (χ2n) is 4.99. The Morgan fingerprint density at radius 3 is 2.41 bits per heavy atom. The first-order valence-electron chi connectivity index (χ1n) is 6.70. The topological polar surface area (TPSA) is 63.4 Å². The third kappa shape index (κ3) is 5.84. The molecule has 4 nitrogen and oxygen atoms in total. The average Bonchev–Trinajstić information content (AvgIpc) is 2.30. The Balaban J connectivity index is 2.15. The van der Waals surface area contributed by atoms with Crippen LogP contribution in [0.3, 0.4) is 0 Å². The highest BCUT2D eigenvalue weighted by Crippen LogP contribution is 2.15. The molecular weight excluding hydrogens is 236 g/mol. The molecule has 1 rings (SSSR count). The zero-order chi connectivity index (χ0) is 12.7. The second kappa shape index (κ2) is 7.34. The van der Waals surface area contributed by atoms with Gasteiger partial charge in [0, 0.05) is 13.1 Å². The third-order valence-electron chi connectivity index (χ3n) is 3.68. The summed E-state index contributed by atoms with van der Waals surface area (Å²) in [5.74, 6) is 1.42. The molecule has 0 saturated carbocycles. The van der Waals surface area contributed by atoms with E-state index in [0.29, 0.717) is 11.5 Å². The number of hydrogen-bond acceptors (Lipinski definition) is 4. The van der Waals surface area contributed by atoms with Crippen LogP contribution in [0.2, 0.25) is 0 Å². The molecule has 0 radical (unpaired) electrons. The summed E-state index contributed by atoms with van der Waals surface area (Å²) in [6, 6.07) is 0. The van der Waals surface area contributed by atoms with E-state index in [1.807, 2.05) is 0 Å². The summed E-state index contributed by atoms with van der Waals surface area (Å²) >= 11 is 0. The summed E-state index contributed by atoms with van der Waals surface area (Å²) in [5, 5.41) is 0. The predicted octanol–water partition coefficient (Wildman–Crippen LogP) is 0.872. The molecule has 0 aliphatic carbocycles. The number of nitrogens with two attached hydrogens (primary N) is 1. The highest BCUT2D eigenvalue weighted by Gasteiger charge is 2.21. The fourth-order valence-corrected chi connectivity index (χ4v) is 3.64. The summed E-state index contributed by atoms with van der Waals surface area (Å²) in [4.78, 5) is 2.27. The minimum absolute atomic E-state index is 0.340. The van der Waals surface area contributed by atoms with E-state index in [-0.39, 0.29) is 0 Å². The van der Waals surface area contributed by atoms with Crippen LogP contribution in [-0.2, 0) is 9.84 Å². The van der Waals surface area contributed by atoms with Gasteiger partial charge in [-0.25, -0.2) is 8.42 Å². The Morgan fingerprint density at radius 1 is 1.24 bits per heavy atom. The maximum absolute atomic E-state index is 11.3. The monoisotopic (exact) mass is 262 g/mol. The van der Waals surface area contributed by atoms with Crippen LogP contribution in [-0.4, -0.2) is 51.0 Å². The van der Waals surface area contributed by atoms with Crippen molar-refractivity contribution in [2.75, 3.05) is 37.7 Å². The van der Waals surface area contributed by atoms with E-state index >= 15 is 0 Å². The number of hydrogen-bond donors (Lipinski definition) is 1. The lowest BCUT2D eigenvalue weighted by molar-refractivity contribution is 0.276. The Hall–Kier alpha value is -0.130. The van der Waals surface area contributed by atoms with Gasteiger partial charge in [0.05, 0.1) is 11.5 Å². The molecule has 0 spiro atoms. The summed E-state index contributed by atoms with van der Waals surface area (Å²) < 4.78 is 22.5. The SMILES string of the molecule is CCC(CCN)CCCN1CCS(=O)(=O)CC1. The van der Waals surface area contributed by atoms with Gasteiger partial charge in [-0.3, -0.25) is 0 Å². The molecule has 1 aliphatic heterocycles. The van der Waals surface area contributed by atoms with Crippen molar-refractivity contribution < 1.29 is 8.42 Å².